The zero-order chi connectivity index (χ0) is 24.8. The summed E-state index contributed by atoms with van der Waals surface area (Å²) in [5, 5.41) is 14.4. The molecule has 1 atom stereocenters. The molecule has 3 N–H and O–H groups in total. The first-order chi connectivity index (χ1) is 17.0. The van der Waals surface area contributed by atoms with E-state index in [1.807, 2.05) is 36.4 Å². The van der Waals surface area contributed by atoms with Crippen molar-refractivity contribution in [1.29, 1.82) is 0 Å². The lowest BCUT2D eigenvalue weighted by Gasteiger charge is -2.17. The molecule has 0 heterocycles. The van der Waals surface area contributed by atoms with Crippen molar-refractivity contribution in [2.75, 3.05) is 20.3 Å². The van der Waals surface area contributed by atoms with Crippen molar-refractivity contribution >= 4 is 18.0 Å². The predicted octanol–water partition coefficient (Wildman–Crippen LogP) is 3.55. The fourth-order valence-corrected chi connectivity index (χ4v) is 4.23. The summed E-state index contributed by atoms with van der Waals surface area (Å²) in [6.45, 7) is 0.225. The van der Waals surface area contributed by atoms with Gasteiger partial charge in [0.05, 0.1) is 12.1 Å². The van der Waals surface area contributed by atoms with Gasteiger partial charge < -0.3 is 25.2 Å². The number of amides is 2. The van der Waals surface area contributed by atoms with Gasteiger partial charge in [0.25, 0.3) is 5.91 Å². The zero-order valence-corrected chi connectivity index (χ0v) is 19.2. The third-order valence-electron chi connectivity index (χ3n) is 5.99. The number of ether oxygens (including phenoxy) is 2. The third kappa shape index (κ3) is 5.50. The van der Waals surface area contributed by atoms with Crippen LogP contribution < -0.4 is 10.6 Å². The number of carbonyl (C=O) groups excluding carboxylic acids is 2. The van der Waals surface area contributed by atoms with E-state index in [1.165, 1.54) is 19.2 Å². The summed E-state index contributed by atoms with van der Waals surface area (Å²) in [6, 6.07) is 22.4. The molecule has 3 aromatic carbocycles. The average Bonchev–Trinajstić information content (AvgIpc) is 3.20. The van der Waals surface area contributed by atoms with Crippen LogP contribution in [-0.4, -0.2) is 49.4 Å². The fourth-order valence-electron chi connectivity index (χ4n) is 4.23. The van der Waals surface area contributed by atoms with Crippen LogP contribution in [0.2, 0.25) is 0 Å². The fraction of sp³-hybridized carbons (Fsp3) is 0.222. The van der Waals surface area contributed by atoms with Gasteiger partial charge >= 0.3 is 12.1 Å². The number of hydrogen-bond donors (Lipinski definition) is 3. The topological polar surface area (TPSA) is 114 Å². The first-order valence-corrected chi connectivity index (χ1v) is 11.2. The SMILES string of the molecule is COC(CNC(=O)OCC1c2ccccc2-c2ccccc21)C(=O)NCc1cccc(C(=O)O)c1. The maximum absolute atomic E-state index is 12.5. The average molecular weight is 475 g/mol. The van der Waals surface area contributed by atoms with E-state index in [2.05, 4.69) is 22.8 Å². The number of carboxylic acids is 1. The Morgan fingerprint density at radius 3 is 2.20 bits per heavy atom. The monoisotopic (exact) mass is 474 g/mol. The molecule has 8 nitrogen and oxygen atoms in total. The minimum Gasteiger partial charge on any atom is -0.478 e. The second-order valence-electron chi connectivity index (χ2n) is 8.15. The summed E-state index contributed by atoms with van der Waals surface area (Å²) < 4.78 is 10.7. The zero-order valence-electron chi connectivity index (χ0n) is 19.2. The molecule has 0 aliphatic heterocycles. The van der Waals surface area contributed by atoms with Gasteiger partial charge in [0.2, 0.25) is 0 Å². The first kappa shape index (κ1) is 24.0. The van der Waals surface area contributed by atoms with E-state index >= 15 is 0 Å². The van der Waals surface area contributed by atoms with Crippen LogP contribution in [-0.2, 0) is 20.8 Å². The number of fused-ring (bicyclic) bond motifs is 3. The van der Waals surface area contributed by atoms with Crippen LogP contribution >= 0.6 is 0 Å². The van der Waals surface area contributed by atoms with Gasteiger partial charge in [0, 0.05) is 19.6 Å². The number of benzene rings is 3. The van der Waals surface area contributed by atoms with Gasteiger partial charge in [-0.15, -0.1) is 0 Å². The quantitative estimate of drug-likeness (QED) is 0.437. The number of hydrogen-bond acceptors (Lipinski definition) is 5. The highest BCUT2D eigenvalue weighted by atomic mass is 16.5. The van der Waals surface area contributed by atoms with Gasteiger partial charge in [-0.25, -0.2) is 9.59 Å². The Kier molecular flexibility index (Phi) is 7.42. The first-order valence-electron chi connectivity index (χ1n) is 11.2. The summed E-state index contributed by atoms with van der Waals surface area (Å²) in [4.78, 5) is 35.9. The molecule has 8 heteroatoms. The van der Waals surface area contributed by atoms with E-state index in [-0.39, 0.29) is 31.2 Å². The molecule has 4 rings (SSSR count). The van der Waals surface area contributed by atoms with E-state index in [1.54, 1.807) is 12.1 Å². The highest BCUT2D eigenvalue weighted by Gasteiger charge is 2.29. The number of nitrogens with one attached hydrogen (secondary N) is 2. The Labute approximate surface area is 202 Å². The van der Waals surface area contributed by atoms with Crippen LogP contribution in [0.4, 0.5) is 4.79 Å². The lowest BCUT2D eigenvalue weighted by atomic mass is 9.98. The molecule has 1 unspecified atom stereocenters. The Bertz CT molecular complexity index is 1200. The molecule has 0 radical (unpaired) electrons. The Balaban J connectivity index is 1.28. The van der Waals surface area contributed by atoms with Gasteiger partial charge in [-0.05, 0) is 39.9 Å². The number of rotatable bonds is 9. The molecule has 0 fully saturated rings. The van der Waals surface area contributed by atoms with Crippen molar-refractivity contribution in [3.63, 3.8) is 0 Å². The Hall–Kier alpha value is -4.17. The van der Waals surface area contributed by atoms with Gasteiger partial charge in [0.15, 0.2) is 6.10 Å². The maximum atomic E-state index is 12.5. The molecule has 0 bridgehead atoms. The number of carbonyl (C=O) groups is 3. The van der Waals surface area contributed by atoms with Crippen LogP contribution in [0, 0.1) is 0 Å². The van der Waals surface area contributed by atoms with Crippen molar-refractivity contribution in [2.24, 2.45) is 0 Å². The summed E-state index contributed by atoms with van der Waals surface area (Å²) in [6.07, 6.45) is -1.57. The molecule has 0 saturated carbocycles. The molecular formula is C27H26N2O6. The number of methoxy groups -OCH3 is 1. The van der Waals surface area contributed by atoms with Crippen LogP contribution in [0.3, 0.4) is 0 Å². The van der Waals surface area contributed by atoms with Gasteiger partial charge in [-0.1, -0.05) is 60.7 Å². The molecule has 2 amide bonds. The van der Waals surface area contributed by atoms with E-state index in [9.17, 15) is 14.4 Å². The highest BCUT2D eigenvalue weighted by molar-refractivity contribution is 5.88. The van der Waals surface area contributed by atoms with Crippen LogP contribution in [0.25, 0.3) is 11.1 Å². The minimum atomic E-state index is -1.04. The lowest BCUT2D eigenvalue weighted by Crippen LogP contribution is -2.43. The standard InChI is InChI=1S/C27H26N2O6/c1-34-24(25(30)28-14-17-7-6-8-18(13-17)26(31)32)15-29-27(33)35-16-23-21-11-4-2-9-19(21)20-10-3-5-12-22(20)23/h2-13,23-24H,14-16H2,1H3,(H,28,30)(H,29,33)(H,31,32). The Morgan fingerprint density at radius 1 is 0.914 bits per heavy atom. The maximum Gasteiger partial charge on any atom is 0.407 e. The van der Waals surface area contributed by atoms with Crippen molar-refractivity contribution in [2.45, 2.75) is 18.6 Å². The number of alkyl carbamates (subject to hydrolysis) is 1. The number of carboxylic acid groups (broad SMARTS) is 1. The molecule has 35 heavy (non-hydrogen) atoms. The van der Waals surface area contributed by atoms with Gasteiger partial charge in [0.1, 0.15) is 6.61 Å². The molecule has 0 saturated heterocycles. The van der Waals surface area contributed by atoms with E-state index < -0.39 is 24.1 Å². The van der Waals surface area contributed by atoms with E-state index in [0.717, 1.165) is 22.3 Å². The van der Waals surface area contributed by atoms with Gasteiger partial charge in [-0.3, -0.25) is 4.79 Å². The molecule has 0 spiro atoms. The minimum absolute atomic E-state index is 0.0590. The van der Waals surface area contributed by atoms with Crippen molar-refractivity contribution in [3.05, 3.63) is 95.1 Å². The smallest absolute Gasteiger partial charge is 0.407 e. The largest absolute Gasteiger partial charge is 0.478 e. The third-order valence-corrected chi connectivity index (χ3v) is 5.99. The normalized spacial score (nSPS) is 12.8. The molecule has 1 aliphatic rings. The summed E-state index contributed by atoms with van der Waals surface area (Å²) in [5.41, 5.74) is 5.28. The van der Waals surface area contributed by atoms with Crippen LogP contribution in [0.15, 0.2) is 72.8 Å². The Morgan fingerprint density at radius 2 is 1.57 bits per heavy atom. The van der Waals surface area contributed by atoms with Gasteiger partial charge in [-0.2, -0.15) is 0 Å². The molecular weight excluding hydrogens is 448 g/mol. The van der Waals surface area contributed by atoms with Crippen LogP contribution in [0.1, 0.15) is 33.0 Å². The predicted molar refractivity (Wildman–Crippen MR) is 129 cm³/mol. The molecule has 3 aromatic rings. The summed E-state index contributed by atoms with van der Waals surface area (Å²) in [5.74, 6) is -1.54. The molecule has 0 aromatic heterocycles. The van der Waals surface area contributed by atoms with Crippen LogP contribution in [0.5, 0.6) is 0 Å². The van der Waals surface area contributed by atoms with Crippen molar-refractivity contribution < 1.29 is 29.0 Å². The summed E-state index contributed by atoms with van der Waals surface area (Å²) in [7, 11) is 1.37. The second-order valence-corrected chi connectivity index (χ2v) is 8.15. The van der Waals surface area contributed by atoms with Crippen molar-refractivity contribution in [1.82, 2.24) is 10.6 Å². The second kappa shape index (κ2) is 10.8. The number of aromatic carboxylic acids is 1. The van der Waals surface area contributed by atoms with E-state index in [0.29, 0.717) is 5.56 Å². The highest BCUT2D eigenvalue weighted by Crippen LogP contribution is 2.44. The summed E-state index contributed by atoms with van der Waals surface area (Å²) >= 11 is 0. The molecule has 180 valence electrons. The molecule has 1 aliphatic carbocycles. The lowest BCUT2D eigenvalue weighted by molar-refractivity contribution is -0.130. The van der Waals surface area contributed by atoms with Crippen molar-refractivity contribution in [3.8, 4) is 11.1 Å². The van der Waals surface area contributed by atoms with E-state index in [4.69, 9.17) is 14.6 Å².